The summed E-state index contributed by atoms with van der Waals surface area (Å²) in [5.74, 6) is 0. The number of likely N-dealkylation sites (N-methyl/N-ethyl adjacent to an activating group) is 1. The van der Waals surface area contributed by atoms with Crippen molar-refractivity contribution in [2.24, 2.45) is 5.73 Å². The first-order chi connectivity index (χ1) is 5.16. The Morgan fingerprint density at radius 1 is 1.45 bits per heavy atom. The summed E-state index contributed by atoms with van der Waals surface area (Å²) in [6.45, 7) is 4.27. The molecule has 0 saturated heterocycles. The quantitative estimate of drug-likeness (QED) is 0.539. The largest absolute Gasteiger partial charge is 0.396 e. The molecule has 0 rings (SSSR count). The van der Waals surface area contributed by atoms with Gasteiger partial charge in [0.1, 0.15) is 0 Å². The van der Waals surface area contributed by atoms with E-state index in [1.54, 1.807) is 0 Å². The Morgan fingerprint density at radius 2 is 2.09 bits per heavy atom. The fraction of sp³-hybridized carbons (Fsp3) is 1.00. The van der Waals surface area contributed by atoms with Gasteiger partial charge < -0.3 is 15.7 Å². The number of nitrogens with zero attached hydrogens (tertiary/aromatic N) is 1. The van der Waals surface area contributed by atoms with Gasteiger partial charge in [-0.3, -0.25) is 0 Å². The van der Waals surface area contributed by atoms with Crippen molar-refractivity contribution in [1.29, 1.82) is 0 Å². The lowest BCUT2D eigenvalue weighted by atomic mass is 10.3. The molecule has 0 spiro atoms. The summed E-state index contributed by atoms with van der Waals surface area (Å²) in [7, 11) is 2.06. The first kappa shape index (κ1) is 10.9. The van der Waals surface area contributed by atoms with Crippen LogP contribution in [0.15, 0.2) is 0 Å². The van der Waals surface area contributed by atoms with Crippen LogP contribution in [0.3, 0.4) is 0 Å². The van der Waals surface area contributed by atoms with Gasteiger partial charge in [-0.2, -0.15) is 0 Å². The van der Waals surface area contributed by atoms with E-state index in [0.717, 1.165) is 25.9 Å². The molecule has 0 bridgehead atoms. The van der Waals surface area contributed by atoms with E-state index in [4.69, 9.17) is 10.8 Å². The molecule has 0 aliphatic rings. The minimum Gasteiger partial charge on any atom is -0.396 e. The SMILES string of the molecule is CC(N)CN(C)CCCCO. The van der Waals surface area contributed by atoms with Crippen molar-refractivity contribution in [2.45, 2.75) is 25.8 Å². The highest BCUT2D eigenvalue weighted by Crippen LogP contribution is 1.92. The Kier molecular flexibility index (Phi) is 6.51. The molecule has 3 N–H and O–H groups in total. The van der Waals surface area contributed by atoms with Crippen LogP contribution in [0.5, 0.6) is 0 Å². The Morgan fingerprint density at radius 3 is 2.55 bits per heavy atom. The molecule has 0 aromatic heterocycles. The fourth-order valence-corrected chi connectivity index (χ4v) is 1.08. The highest BCUT2D eigenvalue weighted by Gasteiger charge is 2.00. The zero-order valence-corrected chi connectivity index (χ0v) is 7.58. The van der Waals surface area contributed by atoms with Crippen molar-refractivity contribution in [3.05, 3.63) is 0 Å². The number of hydrogen-bond acceptors (Lipinski definition) is 3. The lowest BCUT2D eigenvalue weighted by Crippen LogP contribution is -2.33. The Balaban J connectivity index is 3.15. The Bertz CT molecular complexity index is 86.2. The minimum absolute atomic E-state index is 0.245. The monoisotopic (exact) mass is 160 g/mol. The third-order valence-corrected chi connectivity index (χ3v) is 1.55. The van der Waals surface area contributed by atoms with Gasteiger partial charge in [0.25, 0.3) is 0 Å². The molecule has 0 radical (unpaired) electrons. The van der Waals surface area contributed by atoms with Crippen LogP contribution in [-0.4, -0.2) is 42.8 Å². The molecule has 0 heterocycles. The molecular weight excluding hydrogens is 140 g/mol. The van der Waals surface area contributed by atoms with E-state index in [1.807, 2.05) is 6.92 Å². The first-order valence-corrected chi connectivity index (χ1v) is 4.21. The van der Waals surface area contributed by atoms with Crippen molar-refractivity contribution < 1.29 is 5.11 Å². The molecule has 0 saturated carbocycles. The predicted octanol–water partition coefficient (Wildman–Crippen LogP) is 0.0379. The van der Waals surface area contributed by atoms with Crippen LogP contribution in [-0.2, 0) is 0 Å². The molecule has 0 amide bonds. The standard InChI is InChI=1S/C8H20N2O/c1-8(9)7-10(2)5-3-4-6-11/h8,11H,3-7,9H2,1-2H3. The molecule has 3 nitrogen and oxygen atoms in total. The van der Waals surface area contributed by atoms with E-state index < -0.39 is 0 Å². The summed E-state index contributed by atoms with van der Waals surface area (Å²) in [4.78, 5) is 2.19. The summed E-state index contributed by atoms with van der Waals surface area (Å²) in [6, 6.07) is 0.245. The second-order valence-corrected chi connectivity index (χ2v) is 3.17. The molecule has 0 fully saturated rings. The topological polar surface area (TPSA) is 49.5 Å². The lowest BCUT2D eigenvalue weighted by Gasteiger charge is -2.18. The van der Waals surface area contributed by atoms with Gasteiger partial charge in [0, 0.05) is 19.2 Å². The van der Waals surface area contributed by atoms with Crippen LogP contribution in [0.4, 0.5) is 0 Å². The zero-order valence-electron chi connectivity index (χ0n) is 7.58. The summed E-state index contributed by atoms with van der Waals surface area (Å²) in [6.07, 6.45) is 1.95. The van der Waals surface area contributed by atoms with Crippen molar-refractivity contribution in [3.63, 3.8) is 0 Å². The molecule has 68 valence electrons. The van der Waals surface area contributed by atoms with Gasteiger partial charge in [0.05, 0.1) is 0 Å². The van der Waals surface area contributed by atoms with Gasteiger partial charge >= 0.3 is 0 Å². The summed E-state index contributed by atoms with van der Waals surface area (Å²) in [5.41, 5.74) is 5.61. The van der Waals surface area contributed by atoms with Gasteiger partial charge in [-0.1, -0.05) is 0 Å². The van der Waals surface area contributed by atoms with Gasteiger partial charge in [0.15, 0.2) is 0 Å². The molecule has 11 heavy (non-hydrogen) atoms. The highest BCUT2D eigenvalue weighted by atomic mass is 16.2. The average Bonchev–Trinajstić information content (AvgIpc) is 1.86. The van der Waals surface area contributed by atoms with Gasteiger partial charge in [-0.15, -0.1) is 0 Å². The normalized spacial score (nSPS) is 13.9. The van der Waals surface area contributed by atoms with E-state index in [0.29, 0.717) is 6.61 Å². The first-order valence-electron chi connectivity index (χ1n) is 4.21. The summed E-state index contributed by atoms with van der Waals surface area (Å²) < 4.78 is 0. The molecule has 1 atom stereocenters. The molecule has 0 aromatic carbocycles. The van der Waals surface area contributed by atoms with Gasteiger partial charge in [0.2, 0.25) is 0 Å². The number of unbranched alkanes of at least 4 members (excludes halogenated alkanes) is 1. The van der Waals surface area contributed by atoms with E-state index >= 15 is 0 Å². The number of hydrogen-bond donors (Lipinski definition) is 2. The molecule has 3 heteroatoms. The lowest BCUT2D eigenvalue weighted by molar-refractivity contribution is 0.260. The van der Waals surface area contributed by atoms with E-state index in [-0.39, 0.29) is 6.04 Å². The van der Waals surface area contributed by atoms with E-state index in [1.165, 1.54) is 0 Å². The molecular formula is C8H20N2O. The second kappa shape index (κ2) is 6.58. The molecule has 0 aliphatic heterocycles. The van der Waals surface area contributed by atoms with Crippen molar-refractivity contribution in [1.82, 2.24) is 4.90 Å². The van der Waals surface area contributed by atoms with Crippen LogP contribution in [0.2, 0.25) is 0 Å². The van der Waals surface area contributed by atoms with Crippen molar-refractivity contribution in [2.75, 3.05) is 26.7 Å². The summed E-state index contributed by atoms with van der Waals surface area (Å²) in [5, 5.41) is 8.52. The van der Waals surface area contributed by atoms with E-state index in [2.05, 4.69) is 11.9 Å². The number of aliphatic hydroxyl groups excluding tert-OH is 1. The average molecular weight is 160 g/mol. The Hall–Kier alpha value is -0.120. The second-order valence-electron chi connectivity index (χ2n) is 3.17. The third-order valence-electron chi connectivity index (χ3n) is 1.55. The molecule has 1 unspecified atom stereocenters. The zero-order chi connectivity index (χ0) is 8.69. The highest BCUT2D eigenvalue weighted by molar-refractivity contribution is 4.59. The fourth-order valence-electron chi connectivity index (χ4n) is 1.08. The maximum atomic E-state index is 8.52. The van der Waals surface area contributed by atoms with Crippen molar-refractivity contribution in [3.8, 4) is 0 Å². The van der Waals surface area contributed by atoms with Gasteiger partial charge in [-0.25, -0.2) is 0 Å². The van der Waals surface area contributed by atoms with Crippen LogP contribution in [0.25, 0.3) is 0 Å². The van der Waals surface area contributed by atoms with Crippen molar-refractivity contribution >= 4 is 0 Å². The van der Waals surface area contributed by atoms with Crippen LogP contribution >= 0.6 is 0 Å². The van der Waals surface area contributed by atoms with Crippen LogP contribution < -0.4 is 5.73 Å². The molecule has 0 aromatic rings. The molecule has 0 aliphatic carbocycles. The number of nitrogens with two attached hydrogens (primary N) is 1. The van der Waals surface area contributed by atoms with E-state index in [9.17, 15) is 0 Å². The maximum absolute atomic E-state index is 8.52. The summed E-state index contributed by atoms with van der Waals surface area (Å²) >= 11 is 0. The van der Waals surface area contributed by atoms with Gasteiger partial charge in [-0.05, 0) is 33.4 Å². The number of rotatable bonds is 6. The Labute approximate surface area is 69.2 Å². The van der Waals surface area contributed by atoms with Crippen LogP contribution in [0, 0.1) is 0 Å². The maximum Gasteiger partial charge on any atom is 0.0431 e. The van der Waals surface area contributed by atoms with Crippen LogP contribution in [0.1, 0.15) is 19.8 Å². The predicted molar refractivity (Wildman–Crippen MR) is 47.5 cm³/mol. The minimum atomic E-state index is 0.245. The number of aliphatic hydroxyl groups is 1. The third kappa shape index (κ3) is 7.78. The smallest absolute Gasteiger partial charge is 0.0431 e.